The van der Waals surface area contributed by atoms with Gasteiger partial charge in [-0.15, -0.1) is 0 Å². The van der Waals surface area contributed by atoms with Crippen molar-refractivity contribution >= 4 is 37.3 Å². The number of anilines is 1. The molecule has 0 saturated carbocycles. The maximum atomic E-state index is 11.9. The number of hydrogen-bond donors (Lipinski definition) is 3. The molecule has 0 bridgehead atoms. The lowest BCUT2D eigenvalue weighted by atomic mass is 10.1. The molecule has 0 amide bonds. The number of nitrogens with two attached hydrogens (primary N) is 1. The molecule has 13 heteroatoms. The Hall–Kier alpha value is -3.26. The third-order valence-electron chi connectivity index (χ3n) is 4.41. The van der Waals surface area contributed by atoms with E-state index in [1.807, 2.05) is 0 Å². The highest BCUT2D eigenvalue weighted by Crippen LogP contribution is 2.29. The first-order valence-electron chi connectivity index (χ1n) is 9.09. The zero-order valence-electron chi connectivity index (χ0n) is 16.7. The average molecular weight is 478 g/mol. The van der Waals surface area contributed by atoms with E-state index in [0.29, 0.717) is 11.4 Å². The molecule has 3 rings (SSSR count). The number of hydrogen-bond acceptors (Lipinski definition) is 9. The molecule has 0 radical (unpaired) electrons. The zero-order valence-corrected chi connectivity index (χ0v) is 18.3. The smallest absolute Gasteiger partial charge is 0.294 e. The fourth-order valence-corrected chi connectivity index (χ4v) is 4.03. The van der Waals surface area contributed by atoms with Gasteiger partial charge in [-0.05, 0) is 67.4 Å². The third-order valence-corrected chi connectivity index (χ3v) is 6.26. The van der Waals surface area contributed by atoms with Crippen LogP contribution in [0.5, 0.6) is 0 Å². The van der Waals surface area contributed by atoms with Gasteiger partial charge >= 0.3 is 0 Å². The quantitative estimate of drug-likeness (QED) is 0.317. The van der Waals surface area contributed by atoms with Crippen molar-refractivity contribution in [3.63, 3.8) is 0 Å². The standard InChI is InChI=1S/C19H19N5O6S2/c1-12-10-13(20)2-8-17(12)23-24-18-9-5-15(11-19(18)32(28,29)30)22-21-14-3-6-16(7-4-14)31(25,26)27/h2-8,10-11,18H,9,20H2,1H3,(H,25,26,27)(H,28,29,30). The Morgan fingerprint density at radius 2 is 1.62 bits per heavy atom. The van der Waals surface area contributed by atoms with Gasteiger partial charge in [-0.3, -0.25) is 9.11 Å². The van der Waals surface area contributed by atoms with Crippen molar-refractivity contribution < 1.29 is 25.9 Å². The van der Waals surface area contributed by atoms with Crippen LogP contribution in [-0.2, 0) is 20.2 Å². The molecule has 0 aliphatic heterocycles. The van der Waals surface area contributed by atoms with Crippen molar-refractivity contribution in [2.24, 2.45) is 20.5 Å². The van der Waals surface area contributed by atoms with E-state index in [1.54, 1.807) is 31.2 Å². The highest BCUT2D eigenvalue weighted by Gasteiger charge is 2.27. The Kier molecular flexibility index (Phi) is 6.64. The molecule has 32 heavy (non-hydrogen) atoms. The second-order valence-electron chi connectivity index (χ2n) is 6.83. The van der Waals surface area contributed by atoms with Crippen LogP contribution in [0.25, 0.3) is 0 Å². The largest absolute Gasteiger partial charge is 0.399 e. The van der Waals surface area contributed by atoms with Crippen LogP contribution in [0, 0.1) is 6.92 Å². The van der Waals surface area contributed by atoms with Gasteiger partial charge in [-0.1, -0.05) is 6.08 Å². The molecule has 168 valence electrons. The lowest BCUT2D eigenvalue weighted by molar-refractivity contribution is 0.482. The average Bonchev–Trinajstić information content (AvgIpc) is 2.71. The minimum Gasteiger partial charge on any atom is -0.399 e. The van der Waals surface area contributed by atoms with Gasteiger partial charge in [0.05, 0.1) is 22.0 Å². The van der Waals surface area contributed by atoms with Crippen molar-refractivity contribution in [3.05, 3.63) is 70.8 Å². The van der Waals surface area contributed by atoms with E-state index < -0.39 is 26.3 Å². The van der Waals surface area contributed by atoms with Gasteiger partial charge in [-0.2, -0.15) is 37.3 Å². The van der Waals surface area contributed by atoms with E-state index in [9.17, 15) is 21.4 Å². The van der Waals surface area contributed by atoms with Crippen LogP contribution in [0.15, 0.2) is 90.6 Å². The second kappa shape index (κ2) is 9.08. The molecular formula is C19H19N5O6S2. The molecular weight excluding hydrogens is 458 g/mol. The lowest BCUT2D eigenvalue weighted by Gasteiger charge is -2.15. The lowest BCUT2D eigenvalue weighted by Crippen LogP contribution is -2.18. The molecule has 2 aromatic rings. The van der Waals surface area contributed by atoms with Crippen molar-refractivity contribution in [1.82, 2.24) is 0 Å². The predicted molar refractivity (Wildman–Crippen MR) is 117 cm³/mol. The summed E-state index contributed by atoms with van der Waals surface area (Å²) < 4.78 is 64.5. The summed E-state index contributed by atoms with van der Waals surface area (Å²) >= 11 is 0. The molecule has 2 aromatic carbocycles. The van der Waals surface area contributed by atoms with E-state index in [1.165, 1.54) is 12.1 Å². The summed E-state index contributed by atoms with van der Waals surface area (Å²) in [5.74, 6) is 0. The maximum Gasteiger partial charge on any atom is 0.294 e. The Morgan fingerprint density at radius 1 is 0.938 bits per heavy atom. The van der Waals surface area contributed by atoms with E-state index >= 15 is 0 Å². The van der Waals surface area contributed by atoms with Crippen molar-refractivity contribution in [3.8, 4) is 0 Å². The Balaban J connectivity index is 1.82. The van der Waals surface area contributed by atoms with Gasteiger partial charge in [0.2, 0.25) is 0 Å². The molecule has 11 nitrogen and oxygen atoms in total. The van der Waals surface area contributed by atoms with E-state index in [0.717, 1.165) is 23.8 Å². The number of rotatable bonds is 6. The van der Waals surface area contributed by atoms with Crippen LogP contribution in [0.3, 0.4) is 0 Å². The Bertz CT molecular complexity index is 1360. The number of nitrogens with zero attached hydrogens (tertiary/aromatic N) is 4. The summed E-state index contributed by atoms with van der Waals surface area (Å²) in [4.78, 5) is -0.682. The minimum atomic E-state index is -4.58. The normalized spacial score (nSPS) is 17.5. The van der Waals surface area contributed by atoms with Gasteiger partial charge in [0.1, 0.15) is 10.9 Å². The van der Waals surface area contributed by atoms with E-state index in [2.05, 4.69) is 20.5 Å². The summed E-state index contributed by atoms with van der Waals surface area (Å²) in [5, 5.41) is 16.0. The molecule has 1 aliphatic carbocycles. The fraction of sp³-hybridized carbons (Fsp3) is 0.158. The van der Waals surface area contributed by atoms with Crippen molar-refractivity contribution in [1.29, 1.82) is 0 Å². The first kappa shape index (κ1) is 23.4. The molecule has 0 fully saturated rings. The molecule has 4 N–H and O–H groups in total. The van der Waals surface area contributed by atoms with E-state index in [-0.39, 0.29) is 27.6 Å². The number of aryl methyl sites for hydroxylation is 1. The molecule has 0 heterocycles. The number of azo groups is 2. The SMILES string of the molecule is Cc1cc(N)ccc1N=NC1CC=C(N=Nc2ccc(S(=O)(=O)O)cc2)C=C1S(=O)(=O)O. The maximum absolute atomic E-state index is 11.9. The van der Waals surface area contributed by atoms with Crippen LogP contribution >= 0.6 is 0 Å². The molecule has 1 aliphatic rings. The monoisotopic (exact) mass is 477 g/mol. The summed E-state index contributed by atoms with van der Waals surface area (Å²) in [6, 6.07) is 8.97. The van der Waals surface area contributed by atoms with Gasteiger partial charge in [0, 0.05) is 5.69 Å². The van der Waals surface area contributed by atoms with Crippen molar-refractivity contribution in [2.45, 2.75) is 24.3 Å². The highest BCUT2D eigenvalue weighted by molar-refractivity contribution is 7.89. The molecule has 0 saturated heterocycles. The summed E-state index contributed by atoms with van der Waals surface area (Å²) in [7, 11) is -8.91. The Morgan fingerprint density at radius 3 is 2.22 bits per heavy atom. The van der Waals surface area contributed by atoms with Gasteiger partial charge in [-0.25, -0.2) is 0 Å². The van der Waals surface area contributed by atoms with Gasteiger partial charge in [0.15, 0.2) is 0 Å². The number of benzene rings is 2. The first-order chi connectivity index (χ1) is 14.9. The summed E-state index contributed by atoms with van der Waals surface area (Å²) in [6.45, 7) is 1.78. The number of nitrogen functional groups attached to an aromatic ring is 1. The molecule has 0 aromatic heterocycles. The topological polar surface area (TPSA) is 184 Å². The summed E-state index contributed by atoms with van der Waals surface area (Å²) in [6.07, 6.45) is 2.80. The van der Waals surface area contributed by atoms with Gasteiger partial charge < -0.3 is 5.73 Å². The minimum absolute atomic E-state index is 0.0964. The predicted octanol–water partition coefficient (Wildman–Crippen LogP) is 4.12. The van der Waals surface area contributed by atoms with Crippen LogP contribution < -0.4 is 5.73 Å². The second-order valence-corrected chi connectivity index (χ2v) is 9.68. The zero-order chi connectivity index (χ0) is 23.5. The van der Waals surface area contributed by atoms with Crippen molar-refractivity contribution in [2.75, 3.05) is 5.73 Å². The van der Waals surface area contributed by atoms with Crippen LogP contribution in [-0.4, -0.2) is 32.0 Å². The van der Waals surface area contributed by atoms with E-state index in [4.69, 9.17) is 10.3 Å². The molecule has 1 unspecified atom stereocenters. The summed E-state index contributed by atoms with van der Waals surface area (Å²) in [5.41, 5.74) is 7.95. The fourth-order valence-electron chi connectivity index (χ4n) is 2.79. The van der Waals surface area contributed by atoms with Crippen LogP contribution in [0.1, 0.15) is 12.0 Å². The van der Waals surface area contributed by atoms with Crippen LogP contribution in [0.4, 0.5) is 17.1 Å². The highest BCUT2D eigenvalue weighted by atomic mass is 32.2. The van der Waals surface area contributed by atoms with Gasteiger partial charge in [0.25, 0.3) is 20.2 Å². The van der Waals surface area contributed by atoms with Crippen LogP contribution in [0.2, 0.25) is 0 Å². The third kappa shape index (κ3) is 5.91. The Labute approximate surface area is 184 Å². The molecule has 0 spiro atoms. The first-order valence-corrected chi connectivity index (χ1v) is 12.0. The number of allylic oxidation sites excluding steroid dienone is 1. The molecule has 1 atom stereocenters.